The molecule has 0 aliphatic rings. The first-order chi connectivity index (χ1) is 30.2. The number of para-hydroxylation sites is 1. The van der Waals surface area contributed by atoms with Gasteiger partial charge in [0.05, 0.1) is 0 Å². The Kier molecular flexibility index (Phi) is 8.13. The molecule has 0 spiro atoms. The molecule has 61 heavy (non-hydrogen) atoms. The number of hydrogen-bond acceptors (Lipinski definition) is 4. The third-order valence-electron chi connectivity index (χ3n) is 11.9. The van der Waals surface area contributed by atoms with Crippen molar-refractivity contribution < 1.29 is 4.42 Å². The molecule has 0 fully saturated rings. The van der Waals surface area contributed by atoms with E-state index in [0.29, 0.717) is 17.5 Å². The Labute approximate surface area is 352 Å². The van der Waals surface area contributed by atoms with Crippen LogP contribution in [0, 0.1) is 0 Å². The van der Waals surface area contributed by atoms with Crippen LogP contribution < -0.4 is 0 Å². The van der Waals surface area contributed by atoms with Crippen molar-refractivity contribution in [1.29, 1.82) is 0 Å². The highest BCUT2D eigenvalue weighted by molar-refractivity contribution is 6.19. The molecule has 0 unspecified atom stereocenters. The lowest BCUT2D eigenvalue weighted by atomic mass is 9.88. The van der Waals surface area contributed by atoms with Crippen molar-refractivity contribution in [3.05, 3.63) is 212 Å². The van der Waals surface area contributed by atoms with Crippen molar-refractivity contribution in [1.82, 2.24) is 15.0 Å². The van der Waals surface area contributed by atoms with E-state index in [4.69, 9.17) is 19.4 Å². The maximum absolute atomic E-state index is 6.77. The van der Waals surface area contributed by atoms with E-state index >= 15 is 0 Å². The number of furan rings is 1. The summed E-state index contributed by atoms with van der Waals surface area (Å²) in [4.78, 5) is 15.3. The predicted molar refractivity (Wildman–Crippen MR) is 252 cm³/mol. The SMILES string of the molecule is c1ccc(-c2nc(-c3ccccc3)nc(-c3cc(-c4cccc5c(-c6ccc(-c7ccc8ccccc8c7)c7oc8ccccc8c67)cccc45)cc4ccccc34)n2)cc1. The monoisotopic (exact) mass is 777 g/mol. The second-order valence-electron chi connectivity index (χ2n) is 15.5. The Hall–Kier alpha value is -8.21. The molecule has 12 rings (SSSR count). The molecule has 0 aliphatic heterocycles. The number of fused-ring (bicyclic) bond motifs is 6. The fourth-order valence-electron chi connectivity index (χ4n) is 9.01. The molecule has 4 nitrogen and oxygen atoms in total. The maximum atomic E-state index is 6.77. The number of benzene rings is 10. The largest absolute Gasteiger partial charge is 0.455 e. The molecule has 0 bridgehead atoms. The van der Waals surface area contributed by atoms with Gasteiger partial charge in [-0.25, -0.2) is 15.0 Å². The van der Waals surface area contributed by atoms with Crippen LogP contribution >= 0.6 is 0 Å². The third kappa shape index (κ3) is 5.96. The molecule has 12 aromatic rings. The van der Waals surface area contributed by atoms with Crippen LogP contribution in [0.4, 0.5) is 0 Å². The Bertz CT molecular complexity index is 3590. The first kappa shape index (κ1) is 34.8. The molecule has 2 heterocycles. The topological polar surface area (TPSA) is 51.8 Å². The number of aromatic nitrogens is 3. The second kappa shape index (κ2) is 14.3. The van der Waals surface area contributed by atoms with Crippen molar-refractivity contribution in [2.45, 2.75) is 0 Å². The van der Waals surface area contributed by atoms with Crippen LogP contribution in [0.15, 0.2) is 217 Å². The Morgan fingerprint density at radius 1 is 0.279 bits per heavy atom. The van der Waals surface area contributed by atoms with Crippen LogP contribution in [0.2, 0.25) is 0 Å². The maximum Gasteiger partial charge on any atom is 0.164 e. The zero-order chi connectivity index (χ0) is 40.3. The molecular weight excluding hydrogens is 743 g/mol. The molecule has 284 valence electrons. The first-order valence-corrected chi connectivity index (χ1v) is 20.6. The first-order valence-electron chi connectivity index (χ1n) is 20.6. The van der Waals surface area contributed by atoms with Gasteiger partial charge in [-0.05, 0) is 90.5 Å². The number of hydrogen-bond donors (Lipinski definition) is 0. The van der Waals surface area contributed by atoms with Gasteiger partial charge in [-0.1, -0.05) is 182 Å². The van der Waals surface area contributed by atoms with Gasteiger partial charge in [0.1, 0.15) is 11.2 Å². The summed E-state index contributed by atoms with van der Waals surface area (Å²) in [6, 6.07) is 74.7. The van der Waals surface area contributed by atoms with Gasteiger partial charge >= 0.3 is 0 Å². The Morgan fingerprint density at radius 3 is 1.59 bits per heavy atom. The summed E-state index contributed by atoms with van der Waals surface area (Å²) in [6.07, 6.45) is 0. The fourth-order valence-corrected chi connectivity index (χ4v) is 9.01. The van der Waals surface area contributed by atoms with Gasteiger partial charge in [-0.2, -0.15) is 0 Å². The van der Waals surface area contributed by atoms with E-state index < -0.39 is 0 Å². The lowest BCUT2D eigenvalue weighted by Gasteiger charge is -2.15. The van der Waals surface area contributed by atoms with Gasteiger partial charge in [-0.3, -0.25) is 0 Å². The van der Waals surface area contributed by atoms with E-state index in [0.717, 1.165) is 93.6 Å². The molecule has 0 aliphatic carbocycles. The van der Waals surface area contributed by atoms with Crippen molar-refractivity contribution in [3.63, 3.8) is 0 Å². The molecule has 4 heteroatoms. The van der Waals surface area contributed by atoms with Crippen LogP contribution in [-0.2, 0) is 0 Å². The van der Waals surface area contributed by atoms with Gasteiger partial charge in [0.25, 0.3) is 0 Å². The Morgan fingerprint density at radius 2 is 0.836 bits per heavy atom. The van der Waals surface area contributed by atoms with E-state index in [2.05, 4.69) is 146 Å². The van der Waals surface area contributed by atoms with Crippen molar-refractivity contribution >= 4 is 54.3 Å². The minimum Gasteiger partial charge on any atom is -0.455 e. The van der Waals surface area contributed by atoms with Crippen LogP contribution in [0.1, 0.15) is 0 Å². The summed E-state index contributed by atoms with van der Waals surface area (Å²) in [6.45, 7) is 0. The number of nitrogens with zero attached hydrogens (tertiary/aromatic N) is 3. The lowest BCUT2D eigenvalue weighted by molar-refractivity contribution is 0.670. The molecular formula is C57H35N3O. The standard InChI is InChI=1S/C57H35N3O/c1-3-16-37(17-4-1)55-58-56(38-18-5-2-6-19-38)60-57(59-55)51-35-42(34-40-21-9-10-22-43(40)51)44-24-13-26-47-46(44)25-14-27-48(47)49-32-31-45(41-30-29-36-15-7-8-20-39(36)33-41)54-53(49)50-23-11-12-28-52(50)61-54/h1-35H. The molecule has 0 N–H and O–H groups in total. The van der Waals surface area contributed by atoms with Crippen LogP contribution in [0.3, 0.4) is 0 Å². The van der Waals surface area contributed by atoms with E-state index in [1.807, 2.05) is 66.7 Å². The quantitative estimate of drug-likeness (QED) is 0.169. The average molecular weight is 778 g/mol. The summed E-state index contributed by atoms with van der Waals surface area (Å²) in [7, 11) is 0. The molecule has 0 atom stereocenters. The van der Waals surface area contributed by atoms with Crippen LogP contribution in [-0.4, -0.2) is 15.0 Å². The lowest BCUT2D eigenvalue weighted by Crippen LogP contribution is -2.00. The summed E-state index contributed by atoms with van der Waals surface area (Å²) in [5, 5.41) is 9.16. The third-order valence-corrected chi connectivity index (χ3v) is 11.9. The van der Waals surface area contributed by atoms with E-state index in [1.165, 1.54) is 10.8 Å². The Balaban J connectivity index is 1.06. The van der Waals surface area contributed by atoms with Gasteiger partial charge in [0.15, 0.2) is 17.5 Å². The number of rotatable bonds is 6. The van der Waals surface area contributed by atoms with Crippen molar-refractivity contribution in [2.75, 3.05) is 0 Å². The highest BCUT2D eigenvalue weighted by Gasteiger charge is 2.21. The smallest absolute Gasteiger partial charge is 0.164 e. The van der Waals surface area contributed by atoms with E-state index in [1.54, 1.807) is 0 Å². The minimum atomic E-state index is 0.632. The van der Waals surface area contributed by atoms with Crippen molar-refractivity contribution in [2.24, 2.45) is 0 Å². The highest BCUT2D eigenvalue weighted by Crippen LogP contribution is 2.45. The summed E-state index contributed by atoms with van der Waals surface area (Å²) in [5.41, 5.74) is 11.3. The normalized spacial score (nSPS) is 11.6. The summed E-state index contributed by atoms with van der Waals surface area (Å²) >= 11 is 0. The summed E-state index contributed by atoms with van der Waals surface area (Å²) in [5.74, 6) is 1.91. The average Bonchev–Trinajstić information content (AvgIpc) is 3.73. The highest BCUT2D eigenvalue weighted by atomic mass is 16.3. The fraction of sp³-hybridized carbons (Fsp3) is 0. The zero-order valence-electron chi connectivity index (χ0n) is 33.0. The summed E-state index contributed by atoms with van der Waals surface area (Å²) < 4.78 is 6.77. The molecule has 0 saturated carbocycles. The zero-order valence-corrected chi connectivity index (χ0v) is 33.0. The molecule has 0 radical (unpaired) electrons. The van der Waals surface area contributed by atoms with Crippen LogP contribution in [0.5, 0.6) is 0 Å². The second-order valence-corrected chi connectivity index (χ2v) is 15.5. The van der Waals surface area contributed by atoms with Crippen LogP contribution in [0.25, 0.3) is 122 Å². The predicted octanol–water partition coefficient (Wildman–Crippen LogP) is 15.2. The van der Waals surface area contributed by atoms with E-state index in [-0.39, 0.29) is 0 Å². The van der Waals surface area contributed by atoms with Gasteiger partial charge in [0, 0.05) is 33.0 Å². The molecule has 2 aromatic heterocycles. The molecule has 0 amide bonds. The van der Waals surface area contributed by atoms with Gasteiger partial charge < -0.3 is 4.42 Å². The van der Waals surface area contributed by atoms with Crippen molar-refractivity contribution in [3.8, 4) is 67.5 Å². The molecule has 10 aromatic carbocycles. The molecule has 0 saturated heterocycles. The van der Waals surface area contributed by atoms with Gasteiger partial charge in [0.2, 0.25) is 0 Å². The minimum absolute atomic E-state index is 0.632. The van der Waals surface area contributed by atoms with E-state index in [9.17, 15) is 0 Å². The van der Waals surface area contributed by atoms with Gasteiger partial charge in [-0.15, -0.1) is 0 Å².